The first kappa shape index (κ1) is 19.3. The Morgan fingerprint density at radius 2 is 1.96 bits per heavy atom. The van der Waals surface area contributed by atoms with Crippen LogP contribution >= 0.6 is 0 Å². The van der Waals surface area contributed by atoms with Crippen LogP contribution in [0.15, 0.2) is 42.5 Å². The summed E-state index contributed by atoms with van der Waals surface area (Å²) in [7, 11) is 0. The molecule has 1 N–H and O–H groups in total. The van der Waals surface area contributed by atoms with Crippen molar-refractivity contribution in [3.63, 3.8) is 0 Å². The number of benzene rings is 2. The fraction of sp³-hybridized carbons (Fsp3) is 0.435. The number of rotatable bonds is 5. The highest BCUT2D eigenvalue weighted by atomic mass is 16.5. The maximum Gasteiger partial charge on any atom is 0.261 e. The molecule has 0 saturated carbocycles. The molecule has 0 fully saturated rings. The third-order valence-electron chi connectivity index (χ3n) is 4.87. The smallest absolute Gasteiger partial charge is 0.261 e. The molecule has 4 heteroatoms. The largest absolute Gasteiger partial charge is 0.487 e. The molecule has 2 aromatic rings. The van der Waals surface area contributed by atoms with Gasteiger partial charge >= 0.3 is 0 Å². The molecule has 0 aromatic heterocycles. The van der Waals surface area contributed by atoms with Crippen LogP contribution in [-0.4, -0.2) is 17.6 Å². The molecule has 1 aliphatic heterocycles. The average molecular weight is 367 g/mol. The van der Waals surface area contributed by atoms with E-state index in [2.05, 4.69) is 25.2 Å². The molecule has 3 rings (SSSR count). The second kappa shape index (κ2) is 7.63. The standard InChI is InChI=1S/C23H29NO3/c1-6-20(26-17-9-7-8-15(2)12-17)22(25)24-19-14-23(4,5)27-21-13-16(3)10-11-18(19)21/h7-13,19-20H,6,14H2,1-5H3,(H,24,25)/t19-,20-/m0/s1. The molecule has 1 amide bonds. The second-order valence-electron chi connectivity index (χ2n) is 8.00. The molecule has 0 radical (unpaired) electrons. The van der Waals surface area contributed by atoms with Crippen molar-refractivity contribution in [2.24, 2.45) is 0 Å². The molecule has 4 nitrogen and oxygen atoms in total. The minimum absolute atomic E-state index is 0.0896. The molecular formula is C23H29NO3. The minimum atomic E-state index is -0.522. The van der Waals surface area contributed by atoms with Gasteiger partial charge in [-0.05, 0) is 63.4 Å². The summed E-state index contributed by atoms with van der Waals surface area (Å²) in [6.07, 6.45) is 0.801. The molecule has 144 valence electrons. The van der Waals surface area contributed by atoms with Gasteiger partial charge in [0.25, 0.3) is 5.91 Å². The fourth-order valence-corrected chi connectivity index (χ4v) is 3.53. The number of carbonyl (C=O) groups excluding carboxylic acids is 1. The summed E-state index contributed by atoms with van der Waals surface area (Å²) in [5.41, 5.74) is 2.94. The number of aryl methyl sites for hydroxylation is 2. The zero-order valence-corrected chi connectivity index (χ0v) is 16.8. The van der Waals surface area contributed by atoms with Crippen LogP contribution in [0.4, 0.5) is 0 Å². The van der Waals surface area contributed by atoms with E-state index in [1.165, 1.54) is 0 Å². The van der Waals surface area contributed by atoms with E-state index in [0.717, 1.165) is 34.6 Å². The Morgan fingerprint density at radius 3 is 2.67 bits per heavy atom. The van der Waals surface area contributed by atoms with Crippen LogP contribution in [0.5, 0.6) is 11.5 Å². The van der Waals surface area contributed by atoms with Crippen LogP contribution in [0.25, 0.3) is 0 Å². The topological polar surface area (TPSA) is 47.6 Å². The van der Waals surface area contributed by atoms with E-state index in [1.54, 1.807) is 0 Å². The number of hydrogen-bond donors (Lipinski definition) is 1. The van der Waals surface area contributed by atoms with Crippen LogP contribution in [0.1, 0.15) is 56.3 Å². The van der Waals surface area contributed by atoms with Crippen molar-refractivity contribution < 1.29 is 14.3 Å². The Morgan fingerprint density at radius 1 is 1.22 bits per heavy atom. The normalized spacial score (nSPS) is 18.8. The number of ether oxygens (including phenoxy) is 2. The first-order valence-electron chi connectivity index (χ1n) is 9.60. The molecule has 0 bridgehead atoms. The van der Waals surface area contributed by atoms with Crippen LogP contribution in [0.2, 0.25) is 0 Å². The van der Waals surface area contributed by atoms with Gasteiger partial charge in [-0.3, -0.25) is 4.79 Å². The summed E-state index contributed by atoms with van der Waals surface area (Å²) in [5, 5.41) is 3.19. The summed E-state index contributed by atoms with van der Waals surface area (Å²) < 4.78 is 12.1. The lowest BCUT2D eigenvalue weighted by atomic mass is 9.89. The Kier molecular flexibility index (Phi) is 5.45. The van der Waals surface area contributed by atoms with Crippen molar-refractivity contribution in [2.45, 2.75) is 65.2 Å². The second-order valence-corrected chi connectivity index (χ2v) is 8.00. The Balaban J connectivity index is 1.77. The van der Waals surface area contributed by atoms with E-state index >= 15 is 0 Å². The Hall–Kier alpha value is -2.49. The molecule has 0 aliphatic carbocycles. The Bertz CT molecular complexity index is 828. The molecular weight excluding hydrogens is 338 g/mol. The van der Waals surface area contributed by atoms with Gasteiger partial charge in [-0.2, -0.15) is 0 Å². The number of hydrogen-bond acceptors (Lipinski definition) is 3. The number of carbonyl (C=O) groups is 1. The average Bonchev–Trinajstić information content (AvgIpc) is 2.58. The number of amides is 1. The lowest BCUT2D eigenvalue weighted by Gasteiger charge is -2.38. The minimum Gasteiger partial charge on any atom is -0.487 e. The van der Waals surface area contributed by atoms with Gasteiger partial charge < -0.3 is 14.8 Å². The van der Waals surface area contributed by atoms with Crippen LogP contribution < -0.4 is 14.8 Å². The highest BCUT2D eigenvalue weighted by Crippen LogP contribution is 2.40. The van der Waals surface area contributed by atoms with Crippen LogP contribution in [0, 0.1) is 13.8 Å². The molecule has 0 saturated heterocycles. The van der Waals surface area contributed by atoms with Gasteiger partial charge in [-0.25, -0.2) is 0 Å². The van der Waals surface area contributed by atoms with E-state index in [1.807, 2.05) is 57.2 Å². The van der Waals surface area contributed by atoms with Gasteiger partial charge in [-0.1, -0.05) is 31.2 Å². The van der Waals surface area contributed by atoms with Crippen LogP contribution in [0.3, 0.4) is 0 Å². The van der Waals surface area contributed by atoms with Crippen molar-refractivity contribution in [3.05, 3.63) is 59.2 Å². The molecule has 1 aliphatic rings. The zero-order chi connectivity index (χ0) is 19.6. The van der Waals surface area contributed by atoms with E-state index < -0.39 is 6.10 Å². The highest BCUT2D eigenvalue weighted by Gasteiger charge is 2.35. The van der Waals surface area contributed by atoms with Crippen molar-refractivity contribution >= 4 is 5.91 Å². The van der Waals surface area contributed by atoms with Crippen molar-refractivity contribution in [1.29, 1.82) is 0 Å². The summed E-state index contributed by atoms with van der Waals surface area (Å²) in [4.78, 5) is 12.9. The van der Waals surface area contributed by atoms with Crippen molar-refractivity contribution in [2.75, 3.05) is 0 Å². The van der Waals surface area contributed by atoms with Crippen molar-refractivity contribution in [3.8, 4) is 11.5 Å². The van der Waals surface area contributed by atoms with Gasteiger partial charge in [0.05, 0.1) is 6.04 Å². The predicted octanol–water partition coefficient (Wildman–Crippen LogP) is 4.88. The van der Waals surface area contributed by atoms with Gasteiger partial charge in [0.15, 0.2) is 6.10 Å². The number of nitrogens with one attached hydrogen (secondary N) is 1. The van der Waals surface area contributed by atoms with Crippen LogP contribution in [-0.2, 0) is 4.79 Å². The highest BCUT2D eigenvalue weighted by molar-refractivity contribution is 5.81. The first-order valence-corrected chi connectivity index (χ1v) is 9.60. The maximum absolute atomic E-state index is 12.9. The quantitative estimate of drug-likeness (QED) is 0.819. The van der Waals surface area contributed by atoms with Gasteiger partial charge in [0.2, 0.25) is 0 Å². The molecule has 27 heavy (non-hydrogen) atoms. The van der Waals surface area contributed by atoms with E-state index in [4.69, 9.17) is 9.47 Å². The summed E-state index contributed by atoms with van der Waals surface area (Å²) in [5.74, 6) is 1.48. The lowest BCUT2D eigenvalue weighted by molar-refractivity contribution is -0.129. The monoisotopic (exact) mass is 367 g/mol. The molecule has 2 aromatic carbocycles. The van der Waals surface area contributed by atoms with Crippen molar-refractivity contribution in [1.82, 2.24) is 5.32 Å². The first-order chi connectivity index (χ1) is 12.8. The Labute approximate surface area is 161 Å². The summed E-state index contributed by atoms with van der Waals surface area (Å²) in [6, 6.07) is 13.8. The zero-order valence-electron chi connectivity index (χ0n) is 16.8. The number of fused-ring (bicyclic) bond motifs is 1. The predicted molar refractivity (Wildman–Crippen MR) is 107 cm³/mol. The lowest BCUT2D eigenvalue weighted by Crippen LogP contribution is -2.45. The third kappa shape index (κ3) is 4.62. The third-order valence-corrected chi connectivity index (χ3v) is 4.87. The summed E-state index contributed by atoms with van der Waals surface area (Å²) in [6.45, 7) is 10.1. The molecule has 1 heterocycles. The summed E-state index contributed by atoms with van der Waals surface area (Å²) >= 11 is 0. The van der Waals surface area contributed by atoms with Gasteiger partial charge in [0, 0.05) is 12.0 Å². The fourth-order valence-electron chi connectivity index (χ4n) is 3.53. The van der Waals surface area contributed by atoms with E-state index in [9.17, 15) is 4.79 Å². The van der Waals surface area contributed by atoms with E-state index in [0.29, 0.717) is 6.42 Å². The maximum atomic E-state index is 12.9. The molecule has 0 spiro atoms. The molecule has 2 atom stereocenters. The SMILES string of the molecule is CC[C@H](Oc1cccc(C)c1)C(=O)N[C@H]1CC(C)(C)Oc2cc(C)ccc21. The van der Waals surface area contributed by atoms with Gasteiger partial charge in [0.1, 0.15) is 17.1 Å². The van der Waals surface area contributed by atoms with E-state index in [-0.39, 0.29) is 17.6 Å². The van der Waals surface area contributed by atoms with Gasteiger partial charge in [-0.15, -0.1) is 0 Å². The molecule has 0 unspecified atom stereocenters.